The molecule has 0 aromatic heterocycles. The second-order valence-corrected chi connectivity index (χ2v) is 4.16. The molecule has 1 aliphatic heterocycles. The van der Waals surface area contributed by atoms with Crippen LogP contribution < -0.4 is 0 Å². The van der Waals surface area contributed by atoms with Gasteiger partial charge in [-0.2, -0.15) is 0 Å². The van der Waals surface area contributed by atoms with Crippen LogP contribution in [0.2, 0.25) is 0 Å². The fraction of sp³-hybridized carbons (Fsp3) is 1.00. The van der Waals surface area contributed by atoms with Crippen LogP contribution in [-0.4, -0.2) is 24.4 Å². The topological polar surface area (TPSA) is 29.5 Å². The van der Waals surface area contributed by atoms with Gasteiger partial charge in [-0.1, -0.05) is 13.8 Å². The molecule has 2 nitrogen and oxygen atoms in total. The average molecular weight is 172 g/mol. The minimum Gasteiger partial charge on any atom is -0.396 e. The van der Waals surface area contributed by atoms with Crippen LogP contribution in [-0.2, 0) is 4.74 Å². The van der Waals surface area contributed by atoms with Crippen LogP contribution in [0.4, 0.5) is 0 Å². The monoisotopic (exact) mass is 172 g/mol. The van der Waals surface area contributed by atoms with E-state index in [-0.39, 0.29) is 12.0 Å². The summed E-state index contributed by atoms with van der Waals surface area (Å²) in [6.07, 6.45) is 4.82. The Morgan fingerprint density at radius 1 is 1.58 bits per heavy atom. The molecule has 72 valence electrons. The average Bonchev–Trinajstić information content (AvgIpc) is 2.57. The molecule has 1 heterocycles. The van der Waals surface area contributed by atoms with Crippen molar-refractivity contribution in [1.82, 2.24) is 0 Å². The fourth-order valence-electron chi connectivity index (χ4n) is 1.68. The van der Waals surface area contributed by atoms with Gasteiger partial charge in [-0.25, -0.2) is 0 Å². The Morgan fingerprint density at radius 3 is 2.75 bits per heavy atom. The van der Waals surface area contributed by atoms with Gasteiger partial charge in [0.05, 0.1) is 6.10 Å². The van der Waals surface area contributed by atoms with Gasteiger partial charge in [0.15, 0.2) is 0 Å². The van der Waals surface area contributed by atoms with Crippen LogP contribution in [0, 0.1) is 5.41 Å². The van der Waals surface area contributed by atoms with E-state index < -0.39 is 0 Å². The molecule has 1 N–H and O–H groups in total. The Hall–Kier alpha value is -0.0800. The minimum atomic E-state index is 0.0784. The van der Waals surface area contributed by atoms with Crippen molar-refractivity contribution in [1.29, 1.82) is 0 Å². The maximum atomic E-state index is 9.19. The van der Waals surface area contributed by atoms with Crippen LogP contribution in [0.3, 0.4) is 0 Å². The summed E-state index contributed by atoms with van der Waals surface area (Å²) in [5.41, 5.74) is 0.0784. The zero-order valence-corrected chi connectivity index (χ0v) is 8.18. The molecule has 12 heavy (non-hydrogen) atoms. The number of aliphatic hydroxyl groups is 1. The Kier molecular flexibility index (Phi) is 3.53. The summed E-state index contributed by atoms with van der Waals surface area (Å²) in [5.74, 6) is 0. The first kappa shape index (κ1) is 10.0. The van der Waals surface area contributed by atoms with Gasteiger partial charge in [-0.15, -0.1) is 0 Å². The van der Waals surface area contributed by atoms with Gasteiger partial charge in [-0.05, 0) is 31.1 Å². The number of ether oxygens (including phenoxy) is 1. The lowest BCUT2D eigenvalue weighted by molar-refractivity contribution is 0.0374. The number of aliphatic hydroxyl groups excluding tert-OH is 1. The van der Waals surface area contributed by atoms with Gasteiger partial charge >= 0.3 is 0 Å². The molecule has 2 atom stereocenters. The summed E-state index contributed by atoms with van der Waals surface area (Å²) in [6.45, 7) is 5.46. The van der Waals surface area contributed by atoms with Crippen LogP contribution in [0.1, 0.15) is 39.5 Å². The van der Waals surface area contributed by atoms with E-state index in [2.05, 4.69) is 13.8 Å². The van der Waals surface area contributed by atoms with Gasteiger partial charge in [0, 0.05) is 13.2 Å². The molecular weight excluding hydrogens is 152 g/mol. The zero-order valence-electron chi connectivity index (χ0n) is 8.18. The molecule has 0 aliphatic carbocycles. The Balaban J connectivity index is 2.35. The van der Waals surface area contributed by atoms with Crippen molar-refractivity contribution in [3.8, 4) is 0 Å². The first-order chi connectivity index (χ1) is 5.70. The first-order valence-corrected chi connectivity index (χ1v) is 4.92. The molecule has 1 saturated heterocycles. The lowest BCUT2D eigenvalue weighted by atomic mass is 9.82. The molecule has 0 saturated carbocycles. The predicted octanol–water partition coefficient (Wildman–Crippen LogP) is 1.96. The number of rotatable bonds is 4. The molecule has 0 aromatic rings. The van der Waals surface area contributed by atoms with Crippen molar-refractivity contribution in [2.24, 2.45) is 5.41 Å². The van der Waals surface area contributed by atoms with Crippen molar-refractivity contribution >= 4 is 0 Å². The van der Waals surface area contributed by atoms with Gasteiger partial charge in [-0.3, -0.25) is 0 Å². The second kappa shape index (κ2) is 4.24. The van der Waals surface area contributed by atoms with E-state index in [9.17, 15) is 5.11 Å². The Bertz CT molecular complexity index is 124. The lowest BCUT2D eigenvalue weighted by Gasteiger charge is -2.28. The summed E-state index contributed by atoms with van der Waals surface area (Å²) in [5, 5.41) is 9.19. The van der Waals surface area contributed by atoms with Gasteiger partial charge < -0.3 is 9.84 Å². The maximum Gasteiger partial charge on any atom is 0.0582 e. The molecule has 2 unspecified atom stereocenters. The molecule has 2 heteroatoms. The first-order valence-electron chi connectivity index (χ1n) is 4.92. The van der Waals surface area contributed by atoms with E-state index in [4.69, 9.17) is 4.74 Å². The van der Waals surface area contributed by atoms with Gasteiger partial charge in [0.25, 0.3) is 0 Å². The highest BCUT2D eigenvalue weighted by atomic mass is 16.5. The molecule has 1 aliphatic rings. The van der Waals surface area contributed by atoms with E-state index in [1.807, 2.05) is 0 Å². The van der Waals surface area contributed by atoms with Crippen LogP contribution in [0.25, 0.3) is 0 Å². The van der Waals surface area contributed by atoms with Crippen molar-refractivity contribution in [2.75, 3.05) is 13.2 Å². The molecule has 0 radical (unpaired) electrons. The van der Waals surface area contributed by atoms with Crippen molar-refractivity contribution in [2.45, 2.75) is 45.6 Å². The standard InChI is InChI=1S/C10H20O2/c1-3-10(2,8-11)7-9-5-4-6-12-9/h9,11H,3-8H2,1-2H3. The van der Waals surface area contributed by atoms with Crippen molar-refractivity contribution < 1.29 is 9.84 Å². The predicted molar refractivity (Wildman–Crippen MR) is 49.1 cm³/mol. The zero-order chi connectivity index (χ0) is 9.03. The lowest BCUT2D eigenvalue weighted by Crippen LogP contribution is -2.26. The fourth-order valence-corrected chi connectivity index (χ4v) is 1.68. The smallest absolute Gasteiger partial charge is 0.0582 e. The van der Waals surface area contributed by atoms with Gasteiger partial charge in [0.1, 0.15) is 0 Å². The Labute approximate surface area is 74.9 Å². The molecule has 0 bridgehead atoms. The van der Waals surface area contributed by atoms with E-state index in [1.165, 1.54) is 12.8 Å². The van der Waals surface area contributed by atoms with E-state index in [0.717, 1.165) is 19.4 Å². The number of hydrogen-bond acceptors (Lipinski definition) is 2. The summed E-state index contributed by atoms with van der Waals surface area (Å²) in [6, 6.07) is 0. The third kappa shape index (κ3) is 2.46. The molecule has 1 rings (SSSR count). The van der Waals surface area contributed by atoms with Crippen molar-refractivity contribution in [3.63, 3.8) is 0 Å². The van der Waals surface area contributed by atoms with Gasteiger partial charge in [0.2, 0.25) is 0 Å². The maximum absolute atomic E-state index is 9.19. The number of hydrogen-bond donors (Lipinski definition) is 1. The SMILES string of the molecule is CCC(C)(CO)CC1CCCO1. The minimum absolute atomic E-state index is 0.0784. The van der Waals surface area contributed by atoms with Crippen LogP contribution >= 0.6 is 0 Å². The third-order valence-electron chi connectivity index (χ3n) is 2.98. The highest BCUT2D eigenvalue weighted by molar-refractivity contribution is 4.78. The van der Waals surface area contributed by atoms with E-state index in [1.54, 1.807) is 0 Å². The summed E-state index contributed by atoms with van der Waals surface area (Å²) in [7, 11) is 0. The normalized spacial score (nSPS) is 28.8. The largest absolute Gasteiger partial charge is 0.396 e. The van der Waals surface area contributed by atoms with E-state index in [0.29, 0.717) is 6.10 Å². The molecule has 0 aromatic carbocycles. The third-order valence-corrected chi connectivity index (χ3v) is 2.98. The highest BCUT2D eigenvalue weighted by Gasteiger charge is 2.27. The quantitative estimate of drug-likeness (QED) is 0.702. The van der Waals surface area contributed by atoms with Crippen molar-refractivity contribution in [3.05, 3.63) is 0 Å². The Morgan fingerprint density at radius 2 is 2.33 bits per heavy atom. The molecule has 0 amide bonds. The highest BCUT2D eigenvalue weighted by Crippen LogP contribution is 2.31. The molecule has 1 fully saturated rings. The summed E-state index contributed by atoms with van der Waals surface area (Å²) >= 11 is 0. The molecule has 0 spiro atoms. The molecular formula is C10H20O2. The van der Waals surface area contributed by atoms with Crippen LogP contribution in [0.15, 0.2) is 0 Å². The van der Waals surface area contributed by atoms with E-state index >= 15 is 0 Å². The second-order valence-electron chi connectivity index (χ2n) is 4.16. The van der Waals surface area contributed by atoms with Crippen LogP contribution in [0.5, 0.6) is 0 Å². The summed E-state index contributed by atoms with van der Waals surface area (Å²) in [4.78, 5) is 0. The summed E-state index contributed by atoms with van der Waals surface area (Å²) < 4.78 is 5.54.